The van der Waals surface area contributed by atoms with Gasteiger partial charge in [-0.1, -0.05) is 12.1 Å². The largest absolute Gasteiger partial charge is 0.472 e. The number of nitrogens with zero attached hydrogens (tertiary/aromatic N) is 2. The molecule has 0 amide bonds. The molecule has 5 nitrogen and oxygen atoms in total. The molecule has 5 rings (SSSR count). The van der Waals surface area contributed by atoms with Gasteiger partial charge in [0.15, 0.2) is 17.2 Å². The second-order valence-electron chi connectivity index (χ2n) is 8.46. The molecule has 0 aromatic heterocycles. The number of hydrogen-bond acceptors (Lipinski definition) is 5. The Kier molecular flexibility index (Phi) is 4.16. The summed E-state index contributed by atoms with van der Waals surface area (Å²) in [5.74, 6) is 2.79. The number of ether oxygens (including phenoxy) is 3. The maximum Gasteiger partial charge on any atom is 0.231 e. The molecule has 148 valence electrons. The second-order valence-corrected chi connectivity index (χ2v) is 8.46. The van der Waals surface area contributed by atoms with Gasteiger partial charge >= 0.3 is 0 Å². The molecule has 3 aliphatic rings. The number of rotatable bonds is 3. The zero-order valence-corrected chi connectivity index (χ0v) is 16.9. The number of hydrogen-bond donors (Lipinski definition) is 0. The zero-order valence-electron chi connectivity index (χ0n) is 16.9. The first-order valence-electron chi connectivity index (χ1n) is 10.2. The minimum absolute atomic E-state index is 0.264. The summed E-state index contributed by atoms with van der Waals surface area (Å²) >= 11 is 0. The average Bonchev–Trinajstić information content (AvgIpc) is 3.38. The van der Waals surface area contributed by atoms with Crippen LogP contribution in [0.5, 0.6) is 17.2 Å². The van der Waals surface area contributed by atoms with Gasteiger partial charge in [-0.2, -0.15) is 0 Å². The molecule has 2 aromatic carbocycles. The number of likely N-dealkylation sites (tertiary alicyclic amines) is 1. The van der Waals surface area contributed by atoms with Gasteiger partial charge < -0.3 is 19.1 Å². The summed E-state index contributed by atoms with van der Waals surface area (Å²) in [6.07, 6.45) is 3.42. The van der Waals surface area contributed by atoms with Gasteiger partial charge in [-0.25, -0.2) is 0 Å². The van der Waals surface area contributed by atoms with Gasteiger partial charge in [0, 0.05) is 56.8 Å². The minimum atomic E-state index is -0.303. The fraction of sp³-hybridized carbons (Fsp3) is 0.478. The highest BCUT2D eigenvalue weighted by molar-refractivity contribution is 5.57. The van der Waals surface area contributed by atoms with E-state index in [1.54, 1.807) is 0 Å². The van der Waals surface area contributed by atoms with Crippen LogP contribution in [0.25, 0.3) is 0 Å². The van der Waals surface area contributed by atoms with E-state index in [0.29, 0.717) is 0 Å². The van der Waals surface area contributed by atoms with Crippen molar-refractivity contribution >= 4 is 5.69 Å². The van der Waals surface area contributed by atoms with Crippen LogP contribution in [0.2, 0.25) is 0 Å². The average molecular weight is 380 g/mol. The molecule has 0 unspecified atom stereocenters. The van der Waals surface area contributed by atoms with Crippen LogP contribution in [0.1, 0.15) is 43.2 Å². The van der Waals surface area contributed by atoms with E-state index in [1.165, 1.54) is 29.7 Å². The smallest absolute Gasteiger partial charge is 0.231 e. The molecule has 2 atom stereocenters. The molecule has 28 heavy (non-hydrogen) atoms. The van der Waals surface area contributed by atoms with Crippen LogP contribution >= 0.6 is 0 Å². The van der Waals surface area contributed by atoms with Crippen molar-refractivity contribution < 1.29 is 14.2 Å². The molecule has 0 saturated carbocycles. The molecule has 5 heteroatoms. The third kappa shape index (κ3) is 2.89. The van der Waals surface area contributed by atoms with Crippen LogP contribution in [-0.2, 0) is 0 Å². The van der Waals surface area contributed by atoms with Crippen LogP contribution in [-0.4, -0.2) is 44.6 Å². The highest BCUT2D eigenvalue weighted by atomic mass is 16.7. The fourth-order valence-corrected chi connectivity index (χ4v) is 4.75. The Hall–Kier alpha value is -2.40. The molecule has 1 saturated heterocycles. The Bertz CT molecular complexity index is 874. The van der Waals surface area contributed by atoms with E-state index in [2.05, 4.69) is 61.2 Å². The molecule has 0 N–H and O–H groups in total. The lowest BCUT2D eigenvalue weighted by molar-refractivity contribution is -0.0768. The van der Waals surface area contributed by atoms with E-state index in [0.717, 1.165) is 36.8 Å². The van der Waals surface area contributed by atoms with Gasteiger partial charge in [-0.15, -0.1) is 0 Å². The predicted molar refractivity (Wildman–Crippen MR) is 110 cm³/mol. The molecular formula is C23H28N2O3. The SMILES string of the molecule is CN(C)c1ccc([C@@H]2C[C@@](C)(N3CCCC3)Oc3cc4c(cc32)OCO4)cc1. The van der Waals surface area contributed by atoms with Crippen LogP contribution in [0, 0.1) is 0 Å². The van der Waals surface area contributed by atoms with E-state index in [4.69, 9.17) is 14.2 Å². The van der Waals surface area contributed by atoms with Crippen molar-refractivity contribution in [3.63, 3.8) is 0 Å². The van der Waals surface area contributed by atoms with Crippen molar-refractivity contribution in [1.82, 2.24) is 4.90 Å². The molecule has 0 aliphatic carbocycles. The third-order valence-corrected chi connectivity index (χ3v) is 6.38. The Morgan fingerprint density at radius 3 is 2.32 bits per heavy atom. The van der Waals surface area contributed by atoms with Gasteiger partial charge in [-0.05, 0) is 43.5 Å². The standard InChI is InChI=1S/C23H28N2O3/c1-23(25-10-4-5-11-25)14-19(16-6-8-17(9-7-16)24(2)3)18-12-21-22(27-15-26-21)13-20(18)28-23/h6-9,12-13,19H,4-5,10-11,14-15H2,1-3H3/t19-,23-/m0/s1. The summed E-state index contributed by atoms with van der Waals surface area (Å²) in [5.41, 5.74) is 3.42. The van der Waals surface area contributed by atoms with Crippen molar-refractivity contribution in [2.24, 2.45) is 0 Å². The molecule has 0 bridgehead atoms. The van der Waals surface area contributed by atoms with Crippen LogP contribution in [0.15, 0.2) is 36.4 Å². The predicted octanol–water partition coefficient (Wildman–Crippen LogP) is 4.21. The van der Waals surface area contributed by atoms with Gasteiger partial charge in [0.1, 0.15) is 5.75 Å². The molecule has 1 fully saturated rings. The van der Waals surface area contributed by atoms with Gasteiger partial charge in [-0.3, -0.25) is 4.90 Å². The number of anilines is 1. The first-order valence-corrected chi connectivity index (χ1v) is 10.2. The fourth-order valence-electron chi connectivity index (χ4n) is 4.75. The molecular weight excluding hydrogens is 352 g/mol. The van der Waals surface area contributed by atoms with E-state index in [1.807, 2.05) is 6.07 Å². The van der Waals surface area contributed by atoms with Gasteiger partial charge in [0.2, 0.25) is 6.79 Å². The topological polar surface area (TPSA) is 34.2 Å². The Labute approximate surface area is 166 Å². The number of fused-ring (bicyclic) bond motifs is 2. The molecule has 3 aliphatic heterocycles. The summed E-state index contributed by atoms with van der Waals surface area (Å²) < 4.78 is 17.9. The lowest BCUT2D eigenvalue weighted by atomic mass is 9.81. The minimum Gasteiger partial charge on any atom is -0.472 e. The second kappa shape index (κ2) is 6.59. The molecule has 3 heterocycles. The Morgan fingerprint density at radius 1 is 0.964 bits per heavy atom. The summed E-state index contributed by atoms with van der Waals surface area (Å²) in [6, 6.07) is 13.0. The summed E-state index contributed by atoms with van der Waals surface area (Å²) in [5, 5.41) is 0. The number of benzene rings is 2. The van der Waals surface area contributed by atoms with E-state index >= 15 is 0 Å². The van der Waals surface area contributed by atoms with E-state index in [-0.39, 0.29) is 18.4 Å². The van der Waals surface area contributed by atoms with Crippen molar-refractivity contribution in [3.8, 4) is 17.2 Å². The van der Waals surface area contributed by atoms with Crippen molar-refractivity contribution in [2.45, 2.75) is 37.8 Å². The lowest BCUT2D eigenvalue weighted by Crippen LogP contribution is -2.52. The first-order chi connectivity index (χ1) is 13.5. The van der Waals surface area contributed by atoms with Crippen LogP contribution < -0.4 is 19.1 Å². The van der Waals surface area contributed by atoms with Crippen molar-refractivity contribution in [2.75, 3.05) is 38.9 Å². The first kappa shape index (κ1) is 17.7. The van der Waals surface area contributed by atoms with E-state index < -0.39 is 0 Å². The summed E-state index contributed by atoms with van der Waals surface area (Å²) in [7, 11) is 4.15. The maximum absolute atomic E-state index is 6.62. The highest BCUT2D eigenvalue weighted by Gasteiger charge is 2.44. The van der Waals surface area contributed by atoms with Gasteiger partial charge in [0.25, 0.3) is 0 Å². The maximum atomic E-state index is 6.62. The van der Waals surface area contributed by atoms with Crippen LogP contribution in [0.3, 0.4) is 0 Å². The molecule has 2 aromatic rings. The lowest BCUT2D eigenvalue weighted by Gasteiger charge is -2.45. The summed E-state index contributed by atoms with van der Waals surface area (Å²) in [6.45, 7) is 4.72. The van der Waals surface area contributed by atoms with Crippen molar-refractivity contribution in [1.29, 1.82) is 0 Å². The van der Waals surface area contributed by atoms with E-state index in [9.17, 15) is 0 Å². The molecule has 0 radical (unpaired) electrons. The van der Waals surface area contributed by atoms with Crippen LogP contribution in [0.4, 0.5) is 5.69 Å². The third-order valence-electron chi connectivity index (χ3n) is 6.38. The Morgan fingerprint density at radius 2 is 1.64 bits per heavy atom. The normalized spacial score (nSPS) is 26.0. The zero-order chi connectivity index (χ0) is 19.3. The van der Waals surface area contributed by atoms with Crippen molar-refractivity contribution in [3.05, 3.63) is 47.5 Å². The monoisotopic (exact) mass is 380 g/mol. The Balaban J connectivity index is 1.58. The van der Waals surface area contributed by atoms with Gasteiger partial charge in [0.05, 0.1) is 0 Å². The molecule has 0 spiro atoms. The quantitative estimate of drug-likeness (QED) is 0.797. The highest BCUT2D eigenvalue weighted by Crippen LogP contribution is 2.50. The summed E-state index contributed by atoms with van der Waals surface area (Å²) in [4.78, 5) is 4.63.